The maximum absolute atomic E-state index is 13.0. The number of hydrogen-bond acceptors (Lipinski definition) is 5. The Labute approximate surface area is 126 Å². The van der Waals surface area contributed by atoms with Gasteiger partial charge in [-0.1, -0.05) is 29.8 Å². The molecule has 0 unspecified atom stereocenters. The minimum atomic E-state index is -3.63. The zero-order valence-corrected chi connectivity index (χ0v) is 13.9. The van der Waals surface area contributed by atoms with Gasteiger partial charge in [-0.05, 0) is 33.3 Å². The van der Waals surface area contributed by atoms with Gasteiger partial charge in [-0.15, -0.1) is 0 Å². The van der Waals surface area contributed by atoms with Gasteiger partial charge in [0.25, 0.3) is 0 Å². The highest BCUT2D eigenvalue weighted by molar-refractivity contribution is 7.55. The molecule has 0 bridgehead atoms. The van der Waals surface area contributed by atoms with Crippen LogP contribution in [-0.2, 0) is 23.1 Å². The lowest BCUT2D eigenvalue weighted by molar-refractivity contribution is -0.143. The van der Waals surface area contributed by atoms with E-state index in [0.29, 0.717) is 5.56 Å². The van der Waals surface area contributed by atoms with Crippen LogP contribution in [0, 0.1) is 6.92 Å². The summed E-state index contributed by atoms with van der Waals surface area (Å²) in [7, 11) is -3.63. The van der Waals surface area contributed by atoms with Crippen molar-refractivity contribution in [3.05, 3.63) is 35.4 Å². The number of esters is 1. The highest BCUT2D eigenvalue weighted by atomic mass is 31.2. The van der Waals surface area contributed by atoms with Gasteiger partial charge in [0.05, 0.1) is 19.8 Å². The predicted molar refractivity (Wildman–Crippen MR) is 81.4 cm³/mol. The van der Waals surface area contributed by atoms with Crippen molar-refractivity contribution in [2.45, 2.75) is 33.4 Å². The van der Waals surface area contributed by atoms with E-state index >= 15 is 0 Å². The molecule has 0 aliphatic rings. The topological polar surface area (TPSA) is 61.8 Å². The number of hydrogen-bond donors (Lipinski definition) is 0. The molecule has 0 heterocycles. The Morgan fingerprint density at radius 1 is 1.14 bits per heavy atom. The van der Waals surface area contributed by atoms with Gasteiger partial charge in [0.15, 0.2) is 5.66 Å². The van der Waals surface area contributed by atoms with Crippen molar-refractivity contribution in [1.29, 1.82) is 0 Å². The maximum Gasteiger partial charge on any atom is 0.349 e. The van der Waals surface area contributed by atoms with Crippen molar-refractivity contribution in [3.63, 3.8) is 0 Å². The standard InChI is InChI=1S/C15H23O5P/c1-5-18-15(16)14(13-10-8-9-12(4)11-13)21(17,19-6-2)20-7-3/h8-11,14H,5-7H2,1-4H3/t14-/m1/s1. The third-order valence-electron chi connectivity index (χ3n) is 2.80. The van der Waals surface area contributed by atoms with Gasteiger partial charge in [-0.2, -0.15) is 0 Å². The SMILES string of the molecule is CCOC(=O)[C@@H](c1cccc(C)c1)P(=O)(OCC)OCC. The summed E-state index contributed by atoms with van der Waals surface area (Å²) in [5.41, 5.74) is 0.484. The lowest BCUT2D eigenvalue weighted by atomic mass is 10.1. The Kier molecular flexibility index (Phi) is 7.09. The van der Waals surface area contributed by atoms with Crippen molar-refractivity contribution in [3.8, 4) is 0 Å². The van der Waals surface area contributed by atoms with Crippen LogP contribution in [-0.4, -0.2) is 25.8 Å². The van der Waals surface area contributed by atoms with Gasteiger partial charge >= 0.3 is 13.6 Å². The van der Waals surface area contributed by atoms with Crippen LogP contribution in [0.3, 0.4) is 0 Å². The summed E-state index contributed by atoms with van der Waals surface area (Å²) < 4.78 is 28.7. The fourth-order valence-corrected chi connectivity index (χ4v) is 4.01. The fraction of sp³-hybridized carbons (Fsp3) is 0.533. The van der Waals surface area contributed by atoms with Crippen LogP contribution >= 0.6 is 7.60 Å². The second-order valence-corrected chi connectivity index (χ2v) is 6.56. The van der Waals surface area contributed by atoms with Gasteiger partial charge in [0.1, 0.15) is 0 Å². The van der Waals surface area contributed by atoms with E-state index in [1.807, 2.05) is 13.0 Å². The molecule has 1 atom stereocenters. The molecule has 0 saturated carbocycles. The van der Waals surface area contributed by atoms with Crippen LogP contribution in [0.4, 0.5) is 0 Å². The molecule has 0 N–H and O–H groups in total. The Bertz CT molecular complexity index is 505. The molecule has 1 aromatic rings. The Morgan fingerprint density at radius 3 is 2.24 bits per heavy atom. The van der Waals surface area contributed by atoms with Crippen LogP contribution < -0.4 is 0 Å². The Balaban J connectivity index is 3.29. The minimum absolute atomic E-state index is 0.193. The lowest BCUT2D eigenvalue weighted by Crippen LogP contribution is -2.19. The van der Waals surface area contributed by atoms with Crippen molar-refractivity contribution >= 4 is 13.6 Å². The first-order valence-electron chi connectivity index (χ1n) is 7.10. The zero-order chi connectivity index (χ0) is 15.9. The van der Waals surface area contributed by atoms with Crippen LogP contribution in [0.1, 0.15) is 37.6 Å². The Hall–Kier alpha value is -1.16. The van der Waals surface area contributed by atoms with E-state index in [9.17, 15) is 9.36 Å². The van der Waals surface area contributed by atoms with Crippen LogP contribution in [0.5, 0.6) is 0 Å². The average Bonchev–Trinajstić information content (AvgIpc) is 2.39. The maximum atomic E-state index is 13.0. The lowest BCUT2D eigenvalue weighted by Gasteiger charge is -2.25. The highest BCUT2D eigenvalue weighted by Crippen LogP contribution is 2.61. The first-order chi connectivity index (χ1) is 9.98. The second kappa shape index (κ2) is 8.32. The summed E-state index contributed by atoms with van der Waals surface area (Å²) in [6, 6.07) is 7.24. The molecule has 1 aromatic carbocycles. The normalized spacial score (nSPS) is 13.0. The van der Waals surface area contributed by atoms with Crippen molar-refractivity contribution in [2.75, 3.05) is 19.8 Å². The molecule has 0 amide bonds. The summed E-state index contributed by atoms with van der Waals surface area (Å²) in [5, 5.41) is 0. The van der Waals surface area contributed by atoms with E-state index in [0.717, 1.165) is 5.56 Å². The molecule has 0 fully saturated rings. The van der Waals surface area contributed by atoms with Crippen LogP contribution in [0.2, 0.25) is 0 Å². The molecule has 0 aliphatic carbocycles. The van der Waals surface area contributed by atoms with Gasteiger partial charge in [0, 0.05) is 0 Å². The van der Waals surface area contributed by atoms with Crippen LogP contribution in [0.25, 0.3) is 0 Å². The molecule has 0 aliphatic heterocycles. The van der Waals surface area contributed by atoms with E-state index in [4.69, 9.17) is 13.8 Å². The van der Waals surface area contributed by atoms with Gasteiger partial charge in [-0.25, -0.2) is 0 Å². The molecule has 0 radical (unpaired) electrons. The third-order valence-corrected chi connectivity index (χ3v) is 5.18. The quantitative estimate of drug-likeness (QED) is 0.538. The summed E-state index contributed by atoms with van der Waals surface area (Å²) in [6.45, 7) is 7.63. The van der Waals surface area contributed by atoms with Crippen molar-refractivity contribution < 1.29 is 23.1 Å². The monoisotopic (exact) mass is 314 g/mol. The average molecular weight is 314 g/mol. The van der Waals surface area contributed by atoms with E-state index in [1.165, 1.54) is 0 Å². The van der Waals surface area contributed by atoms with Crippen molar-refractivity contribution in [2.24, 2.45) is 0 Å². The summed E-state index contributed by atoms with van der Waals surface area (Å²) in [6.07, 6.45) is 0. The molecule has 0 saturated heterocycles. The van der Waals surface area contributed by atoms with Gasteiger partial charge in [-0.3, -0.25) is 9.36 Å². The summed E-state index contributed by atoms with van der Waals surface area (Å²) in [4.78, 5) is 12.3. The summed E-state index contributed by atoms with van der Waals surface area (Å²) in [5.74, 6) is -0.590. The zero-order valence-electron chi connectivity index (χ0n) is 13.0. The summed E-state index contributed by atoms with van der Waals surface area (Å²) >= 11 is 0. The van der Waals surface area contributed by atoms with Crippen molar-refractivity contribution in [1.82, 2.24) is 0 Å². The molecule has 6 heteroatoms. The minimum Gasteiger partial charge on any atom is -0.465 e. The molecule has 0 spiro atoms. The first kappa shape index (κ1) is 17.9. The molecular formula is C15H23O5P. The number of aryl methyl sites for hydroxylation is 1. The van der Waals surface area contributed by atoms with E-state index < -0.39 is 19.2 Å². The van der Waals surface area contributed by atoms with Gasteiger partial charge in [0.2, 0.25) is 0 Å². The van der Waals surface area contributed by atoms with Crippen LogP contribution in [0.15, 0.2) is 24.3 Å². The molecule has 21 heavy (non-hydrogen) atoms. The Morgan fingerprint density at radius 2 is 1.76 bits per heavy atom. The molecule has 1 rings (SSSR count). The molecule has 118 valence electrons. The number of carbonyl (C=O) groups excluding carboxylic acids is 1. The smallest absolute Gasteiger partial charge is 0.349 e. The highest BCUT2D eigenvalue weighted by Gasteiger charge is 2.43. The second-order valence-electron chi connectivity index (χ2n) is 4.44. The number of carbonyl (C=O) groups is 1. The molecule has 5 nitrogen and oxygen atoms in total. The number of benzene rings is 1. The molecular weight excluding hydrogens is 291 g/mol. The van der Waals surface area contributed by atoms with Gasteiger partial charge < -0.3 is 13.8 Å². The van der Waals surface area contributed by atoms with E-state index in [-0.39, 0.29) is 19.8 Å². The molecule has 0 aromatic heterocycles. The first-order valence-corrected chi connectivity index (χ1v) is 8.71. The number of rotatable bonds is 8. The predicted octanol–water partition coefficient (Wildman–Crippen LogP) is 3.87. The fourth-order valence-electron chi connectivity index (χ4n) is 2.06. The number of ether oxygens (including phenoxy) is 1. The third kappa shape index (κ3) is 4.67. The van der Waals surface area contributed by atoms with E-state index in [2.05, 4.69) is 0 Å². The largest absolute Gasteiger partial charge is 0.465 e. The van der Waals surface area contributed by atoms with E-state index in [1.54, 1.807) is 39.0 Å².